The normalized spacial score (nSPS) is 12.9. The van der Waals surface area contributed by atoms with E-state index in [9.17, 15) is 8.78 Å². The van der Waals surface area contributed by atoms with Gasteiger partial charge < -0.3 is 5.73 Å². The van der Waals surface area contributed by atoms with Crippen molar-refractivity contribution in [2.45, 2.75) is 12.5 Å². The highest BCUT2D eigenvalue weighted by Gasteiger charge is 2.18. The maximum atomic E-state index is 12.0. The van der Waals surface area contributed by atoms with Gasteiger partial charge in [-0.25, -0.2) is 8.78 Å². The highest BCUT2D eigenvalue weighted by atomic mass is 32.1. The Kier molecular flexibility index (Phi) is 2.74. The maximum Gasteiger partial charge on any atom is 0.258 e. The molecule has 0 amide bonds. The summed E-state index contributed by atoms with van der Waals surface area (Å²) in [5.41, 5.74) is 5.54. The van der Waals surface area contributed by atoms with Gasteiger partial charge in [0, 0.05) is 10.3 Å². The fourth-order valence-corrected chi connectivity index (χ4v) is 1.55. The van der Waals surface area contributed by atoms with Crippen LogP contribution < -0.4 is 5.73 Å². The van der Waals surface area contributed by atoms with Crippen molar-refractivity contribution in [3.05, 3.63) is 21.9 Å². The molecule has 0 spiro atoms. The van der Waals surface area contributed by atoms with E-state index in [2.05, 4.69) is 0 Å². The van der Waals surface area contributed by atoms with Crippen LogP contribution in [0.25, 0.3) is 0 Å². The lowest BCUT2D eigenvalue weighted by molar-refractivity contribution is 0.118. The Hall–Kier alpha value is -0.990. The lowest BCUT2D eigenvalue weighted by Crippen LogP contribution is -2.17. The molecule has 5 heteroatoms. The zero-order valence-corrected chi connectivity index (χ0v) is 6.81. The minimum Gasteiger partial charge on any atom is -0.319 e. The van der Waals surface area contributed by atoms with Crippen molar-refractivity contribution in [3.63, 3.8) is 0 Å². The van der Waals surface area contributed by atoms with E-state index in [1.165, 1.54) is 11.4 Å². The average molecular weight is 188 g/mol. The Morgan fingerprint density at radius 3 is 2.67 bits per heavy atom. The molecular formula is C7H6F2N2S. The molecule has 0 radical (unpaired) electrons. The number of nitrogens with zero attached hydrogens (tertiary/aromatic N) is 1. The molecule has 2 nitrogen and oxygen atoms in total. The summed E-state index contributed by atoms with van der Waals surface area (Å²) in [7, 11) is 0. The summed E-state index contributed by atoms with van der Waals surface area (Å²) in [6, 6.07) is 1.97. The van der Waals surface area contributed by atoms with Gasteiger partial charge in [0.25, 0.3) is 6.43 Å². The minimum absolute atomic E-state index is 0.349. The van der Waals surface area contributed by atoms with E-state index in [0.717, 1.165) is 11.3 Å². The summed E-state index contributed by atoms with van der Waals surface area (Å²) in [6.45, 7) is 0. The third-order valence-corrected chi connectivity index (χ3v) is 2.38. The van der Waals surface area contributed by atoms with Crippen LogP contribution in [0.1, 0.15) is 16.5 Å². The predicted octanol–water partition coefficient (Wildman–Crippen LogP) is 1.88. The van der Waals surface area contributed by atoms with Gasteiger partial charge in [-0.15, -0.1) is 11.3 Å². The molecule has 0 aliphatic heterocycles. The molecule has 1 heterocycles. The Labute approximate surface area is 72.2 Å². The van der Waals surface area contributed by atoms with Gasteiger partial charge in [0.1, 0.15) is 12.1 Å². The van der Waals surface area contributed by atoms with Crippen LogP contribution in [0.3, 0.4) is 0 Å². The topological polar surface area (TPSA) is 49.8 Å². The Morgan fingerprint density at radius 1 is 1.58 bits per heavy atom. The summed E-state index contributed by atoms with van der Waals surface area (Å²) >= 11 is 1.08. The van der Waals surface area contributed by atoms with Gasteiger partial charge >= 0.3 is 0 Å². The summed E-state index contributed by atoms with van der Waals surface area (Å²) in [4.78, 5) is 0.349. The molecule has 0 fully saturated rings. The standard InChI is InChI=1S/C7H6F2N2S/c8-7(9)6(11)5-1-4(2-10)3-12-5/h1,3,6-7H,11H2. The third kappa shape index (κ3) is 1.78. The molecule has 0 aromatic carbocycles. The molecule has 12 heavy (non-hydrogen) atoms. The molecule has 0 saturated carbocycles. The van der Waals surface area contributed by atoms with E-state index in [1.54, 1.807) is 0 Å². The van der Waals surface area contributed by atoms with E-state index in [1.807, 2.05) is 6.07 Å². The number of nitriles is 1. The smallest absolute Gasteiger partial charge is 0.258 e. The number of thiophene rings is 1. The molecule has 0 saturated heterocycles. The first-order valence-corrected chi connectivity index (χ1v) is 4.05. The lowest BCUT2D eigenvalue weighted by atomic mass is 10.2. The molecule has 0 bridgehead atoms. The first-order chi connectivity index (χ1) is 5.65. The molecule has 1 unspecified atom stereocenters. The molecule has 1 atom stereocenters. The van der Waals surface area contributed by atoms with Crippen LogP contribution >= 0.6 is 11.3 Å². The van der Waals surface area contributed by atoms with Crippen molar-refractivity contribution < 1.29 is 8.78 Å². The molecule has 1 rings (SSSR count). The fraction of sp³-hybridized carbons (Fsp3) is 0.286. The Morgan fingerprint density at radius 2 is 2.25 bits per heavy atom. The average Bonchev–Trinajstić information content (AvgIpc) is 2.50. The Bertz CT molecular complexity index is 303. The largest absolute Gasteiger partial charge is 0.319 e. The highest BCUT2D eigenvalue weighted by Crippen LogP contribution is 2.24. The fourth-order valence-electron chi connectivity index (χ4n) is 0.710. The van der Waals surface area contributed by atoms with Crippen molar-refractivity contribution in [3.8, 4) is 6.07 Å². The Balaban J connectivity index is 2.83. The summed E-state index contributed by atoms with van der Waals surface area (Å²) < 4.78 is 24.1. The van der Waals surface area contributed by atoms with Crippen LogP contribution in [0, 0.1) is 11.3 Å². The summed E-state index contributed by atoms with van der Waals surface area (Å²) in [6.07, 6.45) is -2.57. The predicted molar refractivity (Wildman–Crippen MR) is 42.0 cm³/mol. The van der Waals surface area contributed by atoms with Gasteiger partial charge in [0.05, 0.1) is 5.56 Å². The molecular weight excluding hydrogens is 182 g/mol. The molecule has 1 aromatic rings. The van der Waals surface area contributed by atoms with E-state index in [0.29, 0.717) is 10.4 Å². The number of rotatable bonds is 2. The van der Waals surface area contributed by atoms with Crippen LogP contribution in [-0.2, 0) is 0 Å². The van der Waals surface area contributed by atoms with E-state index >= 15 is 0 Å². The summed E-state index contributed by atoms with van der Waals surface area (Å²) in [5, 5.41) is 9.91. The second kappa shape index (κ2) is 3.61. The van der Waals surface area contributed by atoms with Crippen molar-refractivity contribution in [2.24, 2.45) is 5.73 Å². The van der Waals surface area contributed by atoms with E-state index in [4.69, 9.17) is 11.0 Å². The maximum absolute atomic E-state index is 12.0. The molecule has 2 N–H and O–H groups in total. The number of hydrogen-bond acceptors (Lipinski definition) is 3. The SMILES string of the molecule is N#Cc1csc(C(N)C(F)F)c1. The van der Waals surface area contributed by atoms with Gasteiger partial charge in [-0.2, -0.15) is 5.26 Å². The van der Waals surface area contributed by atoms with E-state index in [-0.39, 0.29) is 0 Å². The van der Waals surface area contributed by atoms with Gasteiger partial charge in [0.15, 0.2) is 0 Å². The molecule has 0 aliphatic rings. The van der Waals surface area contributed by atoms with Crippen molar-refractivity contribution in [2.75, 3.05) is 0 Å². The number of alkyl halides is 2. The number of hydrogen-bond donors (Lipinski definition) is 1. The van der Waals surface area contributed by atoms with Gasteiger partial charge in [-0.3, -0.25) is 0 Å². The quantitative estimate of drug-likeness (QED) is 0.770. The van der Waals surface area contributed by atoms with Crippen molar-refractivity contribution in [1.82, 2.24) is 0 Å². The van der Waals surface area contributed by atoms with Crippen LogP contribution in [0.2, 0.25) is 0 Å². The highest BCUT2D eigenvalue weighted by molar-refractivity contribution is 7.10. The minimum atomic E-state index is -2.57. The van der Waals surface area contributed by atoms with Crippen LogP contribution in [0.15, 0.2) is 11.4 Å². The van der Waals surface area contributed by atoms with Crippen molar-refractivity contribution in [1.29, 1.82) is 5.26 Å². The van der Waals surface area contributed by atoms with Crippen LogP contribution in [0.5, 0.6) is 0 Å². The van der Waals surface area contributed by atoms with Gasteiger partial charge in [-0.1, -0.05) is 0 Å². The zero-order chi connectivity index (χ0) is 9.14. The van der Waals surface area contributed by atoms with Crippen LogP contribution in [-0.4, -0.2) is 6.43 Å². The number of halogens is 2. The molecule has 64 valence electrons. The first kappa shape index (κ1) is 9.10. The van der Waals surface area contributed by atoms with Gasteiger partial charge in [-0.05, 0) is 6.07 Å². The van der Waals surface area contributed by atoms with Gasteiger partial charge in [0.2, 0.25) is 0 Å². The molecule has 1 aromatic heterocycles. The lowest BCUT2D eigenvalue weighted by Gasteiger charge is -2.05. The van der Waals surface area contributed by atoms with Crippen molar-refractivity contribution >= 4 is 11.3 Å². The van der Waals surface area contributed by atoms with Crippen LogP contribution in [0.4, 0.5) is 8.78 Å². The zero-order valence-electron chi connectivity index (χ0n) is 6.00. The number of nitrogens with two attached hydrogens (primary N) is 1. The summed E-state index contributed by atoms with van der Waals surface area (Å²) in [5.74, 6) is 0. The first-order valence-electron chi connectivity index (χ1n) is 3.17. The monoisotopic (exact) mass is 188 g/mol. The van der Waals surface area contributed by atoms with E-state index < -0.39 is 12.5 Å². The second-order valence-corrected chi connectivity index (χ2v) is 3.15. The second-order valence-electron chi connectivity index (χ2n) is 2.21. The molecule has 0 aliphatic carbocycles. The third-order valence-electron chi connectivity index (χ3n) is 1.35.